The zero-order chi connectivity index (χ0) is 14.8. The average Bonchev–Trinajstić information content (AvgIpc) is 3.29. The van der Waals surface area contributed by atoms with Crippen molar-refractivity contribution >= 4 is 34.2 Å². The van der Waals surface area contributed by atoms with Crippen LogP contribution >= 0.6 is 34.2 Å². The van der Waals surface area contributed by atoms with Gasteiger partial charge in [0.2, 0.25) is 0 Å². The second kappa shape index (κ2) is 6.67. The van der Waals surface area contributed by atoms with Crippen LogP contribution in [0.4, 0.5) is 0 Å². The second-order valence-corrected chi connectivity index (χ2v) is 7.22. The highest BCUT2D eigenvalue weighted by atomic mass is 127. The van der Waals surface area contributed by atoms with Gasteiger partial charge in [0.05, 0.1) is 0 Å². The molecule has 3 atom stereocenters. The van der Waals surface area contributed by atoms with Gasteiger partial charge in [-0.25, -0.2) is 0 Å². The maximum absolute atomic E-state index is 6.21. The molecule has 0 aliphatic heterocycles. The molecule has 2 aromatic rings. The maximum Gasteiger partial charge on any atom is 0.0410 e. The third-order valence-electron chi connectivity index (χ3n) is 4.21. The number of benzene rings is 2. The Hall–Kier alpha value is -0.580. The first-order valence-electron chi connectivity index (χ1n) is 7.44. The van der Waals surface area contributed by atoms with E-state index in [-0.39, 0.29) is 0 Å². The normalized spacial score (nSPS) is 22.0. The maximum atomic E-state index is 6.21. The van der Waals surface area contributed by atoms with Gasteiger partial charge in [0, 0.05) is 14.6 Å². The van der Waals surface area contributed by atoms with Crippen molar-refractivity contribution in [3.63, 3.8) is 0 Å². The molecule has 110 valence electrons. The van der Waals surface area contributed by atoms with Gasteiger partial charge >= 0.3 is 0 Å². The summed E-state index contributed by atoms with van der Waals surface area (Å²) in [5.74, 6) is 1.34. The highest BCUT2D eigenvalue weighted by Gasteiger charge is 2.44. The molecule has 2 aromatic carbocycles. The summed E-state index contributed by atoms with van der Waals surface area (Å²) in [6.45, 7) is 3.15. The van der Waals surface area contributed by atoms with Crippen molar-refractivity contribution in [2.24, 2.45) is 5.92 Å². The lowest BCUT2D eigenvalue weighted by molar-refractivity contribution is 0.485. The Labute approximate surface area is 145 Å². The summed E-state index contributed by atoms with van der Waals surface area (Å²) in [5.41, 5.74) is 2.80. The van der Waals surface area contributed by atoms with E-state index in [1.807, 2.05) is 6.07 Å². The van der Waals surface area contributed by atoms with Gasteiger partial charge in [0.15, 0.2) is 0 Å². The zero-order valence-corrected chi connectivity index (χ0v) is 14.9. The van der Waals surface area contributed by atoms with Crippen molar-refractivity contribution in [2.45, 2.75) is 25.3 Å². The zero-order valence-electron chi connectivity index (χ0n) is 12.0. The minimum atomic E-state index is 0.394. The molecular formula is C18H19ClIN. The van der Waals surface area contributed by atoms with Crippen LogP contribution in [-0.4, -0.2) is 6.54 Å². The molecule has 3 heteroatoms. The lowest BCUT2D eigenvalue weighted by atomic mass is 9.98. The Morgan fingerprint density at radius 1 is 1.24 bits per heavy atom. The summed E-state index contributed by atoms with van der Waals surface area (Å²) >= 11 is 8.62. The van der Waals surface area contributed by atoms with Crippen LogP contribution in [0.3, 0.4) is 0 Å². The Bertz CT molecular complexity index is 614. The molecule has 3 unspecified atom stereocenters. The number of nitrogens with one attached hydrogen (secondary N) is 1. The van der Waals surface area contributed by atoms with Crippen LogP contribution in [0, 0.1) is 9.49 Å². The van der Waals surface area contributed by atoms with Gasteiger partial charge < -0.3 is 5.32 Å². The summed E-state index contributed by atoms with van der Waals surface area (Å²) in [6, 6.07) is 17.4. The molecule has 0 heterocycles. The fourth-order valence-corrected chi connectivity index (χ4v) is 3.98. The summed E-state index contributed by atoms with van der Waals surface area (Å²) in [5, 5.41) is 4.49. The first-order valence-corrected chi connectivity index (χ1v) is 8.89. The van der Waals surface area contributed by atoms with Gasteiger partial charge in [0.25, 0.3) is 0 Å². The Morgan fingerprint density at radius 3 is 2.71 bits per heavy atom. The SMILES string of the molecule is CCNC(c1cc(Cl)ccc1I)C1CC1c1ccccc1. The van der Waals surface area contributed by atoms with E-state index >= 15 is 0 Å². The van der Waals surface area contributed by atoms with Gasteiger partial charge in [-0.3, -0.25) is 0 Å². The summed E-state index contributed by atoms with van der Waals surface area (Å²) in [6.07, 6.45) is 1.25. The molecule has 1 aliphatic carbocycles. The Kier molecular flexibility index (Phi) is 4.87. The minimum absolute atomic E-state index is 0.394. The van der Waals surface area contributed by atoms with E-state index in [2.05, 4.69) is 77.3 Å². The van der Waals surface area contributed by atoms with Crippen molar-refractivity contribution in [2.75, 3.05) is 6.54 Å². The van der Waals surface area contributed by atoms with E-state index in [0.717, 1.165) is 11.6 Å². The van der Waals surface area contributed by atoms with Gasteiger partial charge in [-0.1, -0.05) is 48.9 Å². The topological polar surface area (TPSA) is 12.0 Å². The van der Waals surface area contributed by atoms with Crippen molar-refractivity contribution in [3.05, 3.63) is 68.3 Å². The molecule has 0 aromatic heterocycles. The molecule has 1 nitrogen and oxygen atoms in total. The quantitative estimate of drug-likeness (QED) is 0.650. The molecule has 3 rings (SSSR count). The molecular weight excluding hydrogens is 393 g/mol. The van der Waals surface area contributed by atoms with E-state index < -0.39 is 0 Å². The minimum Gasteiger partial charge on any atom is -0.310 e. The molecule has 1 N–H and O–H groups in total. The highest BCUT2D eigenvalue weighted by molar-refractivity contribution is 14.1. The van der Waals surface area contributed by atoms with Crippen LogP contribution in [0.5, 0.6) is 0 Å². The molecule has 21 heavy (non-hydrogen) atoms. The third-order valence-corrected chi connectivity index (χ3v) is 5.43. The first kappa shape index (κ1) is 15.3. The standard InChI is InChI=1S/C18H19ClIN/c1-2-21-18(16-10-13(19)8-9-17(16)20)15-11-14(15)12-6-4-3-5-7-12/h3-10,14-15,18,21H,2,11H2,1H3. The van der Waals surface area contributed by atoms with Gasteiger partial charge in [-0.15, -0.1) is 0 Å². The summed E-state index contributed by atoms with van der Waals surface area (Å²) < 4.78 is 1.29. The van der Waals surface area contributed by atoms with E-state index in [1.54, 1.807) is 0 Å². The number of rotatable bonds is 5. The number of hydrogen-bond acceptors (Lipinski definition) is 1. The molecule has 1 aliphatic rings. The smallest absolute Gasteiger partial charge is 0.0410 e. The fraction of sp³-hybridized carbons (Fsp3) is 0.333. The third kappa shape index (κ3) is 3.43. The van der Waals surface area contributed by atoms with Crippen LogP contribution in [0.25, 0.3) is 0 Å². The lowest BCUT2D eigenvalue weighted by Crippen LogP contribution is -2.24. The van der Waals surface area contributed by atoms with Crippen LogP contribution in [-0.2, 0) is 0 Å². The molecule has 0 spiro atoms. The summed E-state index contributed by atoms with van der Waals surface area (Å²) in [4.78, 5) is 0. The molecule has 0 bridgehead atoms. The number of halogens is 2. The van der Waals surface area contributed by atoms with E-state index in [1.165, 1.54) is 21.1 Å². The molecule has 1 saturated carbocycles. The van der Waals surface area contributed by atoms with Gasteiger partial charge in [-0.2, -0.15) is 0 Å². The second-order valence-electron chi connectivity index (χ2n) is 5.62. The molecule has 0 saturated heterocycles. The molecule has 0 radical (unpaired) electrons. The monoisotopic (exact) mass is 411 g/mol. The van der Waals surface area contributed by atoms with Crippen LogP contribution < -0.4 is 5.32 Å². The van der Waals surface area contributed by atoms with Crippen LogP contribution in [0.2, 0.25) is 5.02 Å². The van der Waals surface area contributed by atoms with Crippen molar-refractivity contribution in [1.82, 2.24) is 5.32 Å². The largest absolute Gasteiger partial charge is 0.310 e. The molecule has 1 fully saturated rings. The average molecular weight is 412 g/mol. The van der Waals surface area contributed by atoms with E-state index in [9.17, 15) is 0 Å². The van der Waals surface area contributed by atoms with Crippen molar-refractivity contribution < 1.29 is 0 Å². The van der Waals surface area contributed by atoms with Gasteiger partial charge in [0.1, 0.15) is 0 Å². The lowest BCUT2D eigenvalue weighted by Gasteiger charge is -2.20. The predicted molar refractivity (Wildman–Crippen MR) is 97.9 cm³/mol. The van der Waals surface area contributed by atoms with Crippen LogP contribution in [0.15, 0.2) is 48.5 Å². The first-order chi connectivity index (χ1) is 10.2. The highest BCUT2D eigenvalue weighted by Crippen LogP contribution is 2.54. The van der Waals surface area contributed by atoms with Gasteiger partial charge in [-0.05, 0) is 76.7 Å². The summed E-state index contributed by atoms with van der Waals surface area (Å²) in [7, 11) is 0. The Morgan fingerprint density at radius 2 is 2.00 bits per heavy atom. The predicted octanol–water partition coefficient (Wildman–Crippen LogP) is 5.40. The van der Waals surface area contributed by atoms with E-state index in [4.69, 9.17) is 11.6 Å². The van der Waals surface area contributed by atoms with E-state index in [0.29, 0.717) is 17.9 Å². The van der Waals surface area contributed by atoms with Crippen molar-refractivity contribution in [3.8, 4) is 0 Å². The fourth-order valence-electron chi connectivity index (χ4n) is 3.13. The van der Waals surface area contributed by atoms with Crippen molar-refractivity contribution in [1.29, 1.82) is 0 Å². The Balaban J connectivity index is 1.85. The van der Waals surface area contributed by atoms with Crippen LogP contribution in [0.1, 0.15) is 36.4 Å². The number of hydrogen-bond donors (Lipinski definition) is 1. The molecule has 0 amide bonds.